The van der Waals surface area contributed by atoms with Gasteiger partial charge in [0.05, 0.1) is 18.7 Å². The second-order valence-electron chi connectivity index (χ2n) is 7.64. The van der Waals surface area contributed by atoms with Crippen LogP contribution in [0.1, 0.15) is 36.6 Å². The van der Waals surface area contributed by atoms with Crippen LogP contribution in [-0.2, 0) is 9.59 Å². The number of benzene rings is 2. The minimum absolute atomic E-state index is 0.0345. The molecule has 29 heavy (non-hydrogen) atoms. The van der Waals surface area contributed by atoms with Crippen molar-refractivity contribution in [1.82, 2.24) is 4.90 Å². The number of hydrogen-bond acceptors (Lipinski definition) is 5. The average Bonchev–Trinajstić information content (AvgIpc) is 2.93. The number of carbonyl (C=O) groups is 2. The van der Waals surface area contributed by atoms with E-state index in [0.29, 0.717) is 17.7 Å². The Morgan fingerprint density at radius 1 is 1.14 bits per heavy atom. The fraction of sp³-hybridized carbons (Fsp3) is 0.304. The molecule has 0 aromatic heterocycles. The fourth-order valence-corrected chi connectivity index (χ4v) is 3.54. The molecule has 152 valence electrons. The predicted octanol–water partition coefficient (Wildman–Crippen LogP) is 3.79. The van der Waals surface area contributed by atoms with Gasteiger partial charge in [0.15, 0.2) is 11.5 Å². The average molecular weight is 395 g/mol. The maximum absolute atomic E-state index is 12.9. The first kappa shape index (κ1) is 20.5. The third-order valence-electron chi connectivity index (χ3n) is 4.95. The largest absolute Gasteiger partial charge is 0.507 e. The van der Waals surface area contributed by atoms with Gasteiger partial charge in [0, 0.05) is 12.1 Å². The summed E-state index contributed by atoms with van der Waals surface area (Å²) < 4.78 is 5.19. The number of hydrogen-bond donors (Lipinski definition) is 2. The van der Waals surface area contributed by atoms with Gasteiger partial charge in [0.1, 0.15) is 5.76 Å². The first-order valence-electron chi connectivity index (χ1n) is 9.47. The van der Waals surface area contributed by atoms with E-state index in [1.165, 1.54) is 18.1 Å². The second-order valence-corrected chi connectivity index (χ2v) is 7.64. The summed E-state index contributed by atoms with van der Waals surface area (Å²) in [6, 6.07) is 11.0. The van der Waals surface area contributed by atoms with Crippen molar-refractivity contribution in [3.8, 4) is 11.5 Å². The minimum atomic E-state index is -0.770. The number of phenolic OH excluding ortho intramolecular Hbond substituents is 1. The number of amides is 1. The minimum Gasteiger partial charge on any atom is -0.507 e. The van der Waals surface area contributed by atoms with Gasteiger partial charge in [-0.3, -0.25) is 9.59 Å². The number of phenols is 1. The Morgan fingerprint density at radius 2 is 1.79 bits per heavy atom. The second kappa shape index (κ2) is 7.99. The highest BCUT2D eigenvalue weighted by atomic mass is 16.5. The molecule has 0 bridgehead atoms. The number of aromatic hydroxyl groups is 1. The Balaban J connectivity index is 2.21. The lowest BCUT2D eigenvalue weighted by Gasteiger charge is -2.27. The Labute approximate surface area is 170 Å². The molecular weight excluding hydrogens is 370 g/mol. The molecule has 2 N–H and O–H groups in total. The van der Waals surface area contributed by atoms with Crippen LogP contribution in [0.4, 0.5) is 0 Å². The monoisotopic (exact) mass is 395 g/mol. The van der Waals surface area contributed by atoms with Gasteiger partial charge < -0.3 is 19.8 Å². The van der Waals surface area contributed by atoms with E-state index in [9.17, 15) is 19.8 Å². The molecule has 1 fully saturated rings. The number of ether oxygens (including phenoxy) is 1. The lowest BCUT2D eigenvalue weighted by atomic mass is 9.94. The predicted molar refractivity (Wildman–Crippen MR) is 110 cm³/mol. The zero-order valence-electron chi connectivity index (χ0n) is 17.0. The number of aryl methyl sites for hydroxylation is 1. The van der Waals surface area contributed by atoms with Crippen molar-refractivity contribution >= 4 is 17.4 Å². The lowest BCUT2D eigenvalue weighted by molar-refractivity contribution is -0.140. The molecule has 0 radical (unpaired) electrons. The first-order chi connectivity index (χ1) is 13.7. The smallest absolute Gasteiger partial charge is 0.295 e. The van der Waals surface area contributed by atoms with Crippen LogP contribution in [0.25, 0.3) is 5.76 Å². The first-order valence-corrected chi connectivity index (χ1v) is 9.47. The van der Waals surface area contributed by atoms with Gasteiger partial charge in [-0.2, -0.15) is 0 Å². The van der Waals surface area contributed by atoms with Crippen LogP contribution in [0.3, 0.4) is 0 Å². The molecule has 6 nitrogen and oxygen atoms in total. The SMILES string of the molecule is COc1cc([C@H]2C(=C(O)c3ccc(C)cc3)C(=O)C(=O)N2CC(C)C)ccc1O. The Hall–Kier alpha value is -3.28. The molecule has 1 saturated heterocycles. The van der Waals surface area contributed by atoms with E-state index in [-0.39, 0.29) is 28.7 Å². The van der Waals surface area contributed by atoms with E-state index in [2.05, 4.69) is 0 Å². The van der Waals surface area contributed by atoms with E-state index in [4.69, 9.17) is 4.74 Å². The zero-order chi connectivity index (χ0) is 21.3. The van der Waals surface area contributed by atoms with Crippen LogP contribution < -0.4 is 4.74 Å². The van der Waals surface area contributed by atoms with Crippen molar-refractivity contribution in [1.29, 1.82) is 0 Å². The van der Waals surface area contributed by atoms with Gasteiger partial charge in [-0.05, 0) is 30.5 Å². The molecule has 1 atom stereocenters. The number of Topliss-reactive ketones (excluding diaryl/α,β-unsaturated/α-hetero) is 1. The maximum atomic E-state index is 12.9. The van der Waals surface area contributed by atoms with Crippen LogP contribution in [-0.4, -0.2) is 40.5 Å². The highest BCUT2D eigenvalue weighted by Gasteiger charge is 2.46. The van der Waals surface area contributed by atoms with Crippen LogP contribution in [0.2, 0.25) is 0 Å². The normalized spacial score (nSPS) is 18.5. The van der Waals surface area contributed by atoms with Crippen molar-refractivity contribution < 1.29 is 24.5 Å². The van der Waals surface area contributed by atoms with Crippen molar-refractivity contribution in [3.63, 3.8) is 0 Å². The topological polar surface area (TPSA) is 87.1 Å². The summed E-state index contributed by atoms with van der Waals surface area (Å²) in [4.78, 5) is 27.2. The molecule has 2 aromatic carbocycles. The third-order valence-corrected chi connectivity index (χ3v) is 4.95. The van der Waals surface area contributed by atoms with Gasteiger partial charge in [0.2, 0.25) is 0 Å². The van der Waals surface area contributed by atoms with E-state index >= 15 is 0 Å². The van der Waals surface area contributed by atoms with Crippen molar-refractivity contribution in [3.05, 3.63) is 64.7 Å². The molecule has 0 spiro atoms. The molecule has 1 aliphatic rings. The number of nitrogens with zero attached hydrogens (tertiary/aromatic N) is 1. The highest BCUT2D eigenvalue weighted by molar-refractivity contribution is 6.46. The van der Waals surface area contributed by atoms with E-state index in [1.54, 1.807) is 24.3 Å². The van der Waals surface area contributed by atoms with Crippen LogP contribution in [0.15, 0.2) is 48.0 Å². The van der Waals surface area contributed by atoms with E-state index in [0.717, 1.165) is 5.56 Å². The maximum Gasteiger partial charge on any atom is 0.295 e. The van der Waals surface area contributed by atoms with Crippen LogP contribution in [0.5, 0.6) is 11.5 Å². The quantitative estimate of drug-likeness (QED) is 0.457. The van der Waals surface area contributed by atoms with E-state index in [1.807, 2.05) is 32.9 Å². The van der Waals surface area contributed by atoms with Gasteiger partial charge in [-0.15, -0.1) is 0 Å². The van der Waals surface area contributed by atoms with Crippen molar-refractivity contribution in [2.75, 3.05) is 13.7 Å². The van der Waals surface area contributed by atoms with Crippen molar-refractivity contribution in [2.45, 2.75) is 26.8 Å². The summed E-state index contributed by atoms with van der Waals surface area (Å²) in [7, 11) is 1.43. The summed E-state index contributed by atoms with van der Waals surface area (Å²) in [5.74, 6) is -1.28. The molecule has 2 aromatic rings. The molecule has 0 aliphatic carbocycles. The van der Waals surface area contributed by atoms with Gasteiger partial charge in [-0.1, -0.05) is 49.7 Å². The number of aliphatic hydroxyl groups is 1. The molecule has 3 rings (SSSR count). The zero-order valence-corrected chi connectivity index (χ0v) is 17.0. The molecule has 1 aliphatic heterocycles. The summed E-state index contributed by atoms with van der Waals surface area (Å²) in [6.07, 6.45) is 0. The molecule has 6 heteroatoms. The molecule has 0 saturated carbocycles. The van der Waals surface area contributed by atoms with Crippen LogP contribution >= 0.6 is 0 Å². The Bertz CT molecular complexity index is 975. The number of ketones is 1. The van der Waals surface area contributed by atoms with E-state index < -0.39 is 17.7 Å². The fourth-order valence-electron chi connectivity index (χ4n) is 3.54. The summed E-state index contributed by atoms with van der Waals surface area (Å²) in [6.45, 7) is 6.18. The third kappa shape index (κ3) is 3.83. The summed E-state index contributed by atoms with van der Waals surface area (Å²) >= 11 is 0. The number of aliphatic hydroxyl groups excluding tert-OH is 1. The number of methoxy groups -OCH3 is 1. The van der Waals surface area contributed by atoms with Crippen molar-refractivity contribution in [2.24, 2.45) is 5.92 Å². The summed E-state index contributed by atoms with van der Waals surface area (Å²) in [5, 5.41) is 20.9. The van der Waals surface area contributed by atoms with Crippen LogP contribution in [0, 0.1) is 12.8 Å². The molecule has 0 unspecified atom stereocenters. The molecule has 1 amide bonds. The molecule has 1 heterocycles. The summed E-state index contributed by atoms with van der Waals surface area (Å²) in [5.41, 5.74) is 2.09. The van der Waals surface area contributed by atoms with Gasteiger partial charge in [0.25, 0.3) is 11.7 Å². The standard InChI is InChI=1S/C23H25NO5/c1-13(2)12-24-20(16-9-10-17(25)18(11-16)29-4)19(22(27)23(24)28)21(26)15-7-5-14(3)6-8-15/h5-11,13,20,25-26H,12H2,1-4H3/t20-/m0/s1. The molecular formula is C23H25NO5. The van der Waals surface area contributed by atoms with Gasteiger partial charge >= 0.3 is 0 Å². The number of likely N-dealkylation sites (tertiary alicyclic amines) is 1. The Morgan fingerprint density at radius 3 is 2.38 bits per heavy atom. The highest BCUT2D eigenvalue weighted by Crippen LogP contribution is 2.42. The van der Waals surface area contributed by atoms with Gasteiger partial charge in [-0.25, -0.2) is 0 Å². The lowest BCUT2D eigenvalue weighted by Crippen LogP contribution is -2.33. The number of carbonyl (C=O) groups excluding carboxylic acids is 2. The Kier molecular flexibility index (Phi) is 5.64. The number of rotatable bonds is 5.